The molecule has 4 rings (SSSR count). The van der Waals surface area contributed by atoms with Gasteiger partial charge in [0.1, 0.15) is 5.52 Å². The van der Waals surface area contributed by atoms with Crippen LogP contribution >= 0.6 is 23.4 Å². The van der Waals surface area contributed by atoms with E-state index in [1.54, 1.807) is 0 Å². The minimum Gasteiger partial charge on any atom is -0.436 e. The van der Waals surface area contributed by atoms with Crippen LogP contribution in [0.3, 0.4) is 0 Å². The maximum absolute atomic E-state index is 12.2. The molecule has 1 N–H and O–H groups in total. The SMILES string of the molecule is O=C(CSCc1ccccc1Cl)Nc1ccc(-c2nc3ccccc3o2)cc1. The normalized spacial score (nSPS) is 10.9. The average molecular weight is 409 g/mol. The number of nitrogens with zero attached hydrogens (tertiary/aromatic N) is 1. The van der Waals surface area contributed by atoms with Crippen molar-refractivity contribution in [2.24, 2.45) is 0 Å². The highest BCUT2D eigenvalue weighted by molar-refractivity contribution is 7.99. The van der Waals surface area contributed by atoms with Gasteiger partial charge in [0.15, 0.2) is 5.58 Å². The molecule has 4 nitrogen and oxygen atoms in total. The lowest BCUT2D eigenvalue weighted by Gasteiger charge is -2.06. The van der Waals surface area contributed by atoms with Crippen LogP contribution in [0.5, 0.6) is 0 Å². The first-order valence-electron chi connectivity index (χ1n) is 8.76. The molecule has 1 aromatic heterocycles. The fourth-order valence-corrected chi connectivity index (χ4v) is 3.87. The van der Waals surface area contributed by atoms with Crippen molar-refractivity contribution in [2.75, 3.05) is 11.1 Å². The Hall–Kier alpha value is -2.76. The summed E-state index contributed by atoms with van der Waals surface area (Å²) in [5.74, 6) is 1.57. The Labute approximate surface area is 171 Å². The molecule has 0 saturated heterocycles. The highest BCUT2D eigenvalue weighted by Crippen LogP contribution is 2.25. The fraction of sp³-hybridized carbons (Fsp3) is 0.0909. The van der Waals surface area contributed by atoms with E-state index < -0.39 is 0 Å². The van der Waals surface area contributed by atoms with E-state index in [1.807, 2.05) is 72.8 Å². The number of aromatic nitrogens is 1. The minimum absolute atomic E-state index is 0.0494. The largest absolute Gasteiger partial charge is 0.436 e. The van der Waals surface area contributed by atoms with Crippen molar-refractivity contribution in [3.63, 3.8) is 0 Å². The fourth-order valence-electron chi connectivity index (χ4n) is 2.76. The molecule has 6 heteroatoms. The zero-order valence-electron chi connectivity index (χ0n) is 14.9. The zero-order chi connectivity index (χ0) is 19.3. The van der Waals surface area contributed by atoms with Gasteiger partial charge in [-0.25, -0.2) is 4.98 Å². The maximum Gasteiger partial charge on any atom is 0.234 e. The van der Waals surface area contributed by atoms with Crippen LogP contribution in [0.1, 0.15) is 5.56 Å². The smallest absolute Gasteiger partial charge is 0.234 e. The highest BCUT2D eigenvalue weighted by Gasteiger charge is 2.09. The predicted molar refractivity (Wildman–Crippen MR) is 116 cm³/mol. The molecule has 0 unspecified atom stereocenters. The first-order valence-corrected chi connectivity index (χ1v) is 10.3. The average Bonchev–Trinajstić information content (AvgIpc) is 3.14. The van der Waals surface area contributed by atoms with E-state index in [2.05, 4.69) is 10.3 Å². The van der Waals surface area contributed by atoms with Crippen LogP contribution < -0.4 is 5.32 Å². The Balaban J connectivity index is 1.33. The Morgan fingerprint density at radius 3 is 2.54 bits per heavy atom. The van der Waals surface area contributed by atoms with Crippen LogP contribution in [0.4, 0.5) is 5.69 Å². The van der Waals surface area contributed by atoms with Crippen molar-refractivity contribution in [3.05, 3.63) is 83.4 Å². The lowest BCUT2D eigenvalue weighted by Crippen LogP contribution is -2.14. The number of anilines is 1. The number of carbonyl (C=O) groups excluding carboxylic acids is 1. The molecule has 0 aliphatic rings. The molecule has 0 spiro atoms. The number of fused-ring (bicyclic) bond motifs is 1. The molecule has 0 saturated carbocycles. The molecule has 0 bridgehead atoms. The monoisotopic (exact) mass is 408 g/mol. The standard InChI is InChI=1S/C22H17ClN2O2S/c23-18-6-2-1-5-16(18)13-28-14-21(26)24-17-11-9-15(10-12-17)22-25-19-7-3-4-8-20(19)27-22/h1-12H,13-14H2,(H,24,26). The second-order valence-corrected chi connectivity index (χ2v) is 7.59. The van der Waals surface area contributed by atoms with Crippen LogP contribution in [0.15, 0.2) is 77.2 Å². The molecule has 0 radical (unpaired) electrons. The first kappa shape index (κ1) is 18.6. The van der Waals surface area contributed by atoms with Gasteiger partial charge < -0.3 is 9.73 Å². The summed E-state index contributed by atoms with van der Waals surface area (Å²) in [5.41, 5.74) is 4.21. The first-order chi connectivity index (χ1) is 13.7. The number of hydrogen-bond donors (Lipinski definition) is 1. The minimum atomic E-state index is -0.0494. The lowest BCUT2D eigenvalue weighted by molar-refractivity contribution is -0.113. The maximum atomic E-state index is 12.2. The Kier molecular flexibility index (Phi) is 5.65. The molecule has 140 valence electrons. The number of benzene rings is 3. The van der Waals surface area contributed by atoms with Gasteiger partial charge in [0.05, 0.1) is 5.75 Å². The van der Waals surface area contributed by atoms with E-state index in [1.165, 1.54) is 11.8 Å². The molecule has 3 aromatic carbocycles. The van der Waals surface area contributed by atoms with Gasteiger partial charge in [-0.05, 0) is 48.0 Å². The summed E-state index contributed by atoms with van der Waals surface area (Å²) in [4.78, 5) is 16.6. The Bertz CT molecular complexity index is 1080. The van der Waals surface area contributed by atoms with Crippen LogP contribution in [0.2, 0.25) is 5.02 Å². The van der Waals surface area contributed by atoms with Crippen molar-refractivity contribution in [1.82, 2.24) is 4.98 Å². The topological polar surface area (TPSA) is 55.1 Å². The van der Waals surface area contributed by atoms with Crippen LogP contribution in [-0.4, -0.2) is 16.6 Å². The number of para-hydroxylation sites is 2. The molecular weight excluding hydrogens is 392 g/mol. The third-order valence-corrected chi connectivity index (χ3v) is 5.51. The van der Waals surface area contributed by atoms with Crippen molar-refractivity contribution in [2.45, 2.75) is 5.75 Å². The Morgan fingerprint density at radius 1 is 1.00 bits per heavy atom. The second kappa shape index (κ2) is 8.50. The molecule has 0 aliphatic carbocycles. The van der Waals surface area contributed by atoms with Crippen molar-refractivity contribution in [3.8, 4) is 11.5 Å². The summed E-state index contributed by atoms with van der Waals surface area (Å²) in [5, 5.41) is 3.63. The summed E-state index contributed by atoms with van der Waals surface area (Å²) in [6.45, 7) is 0. The number of nitrogens with one attached hydrogen (secondary N) is 1. The van der Waals surface area contributed by atoms with Crippen LogP contribution in [0, 0.1) is 0 Å². The van der Waals surface area contributed by atoms with E-state index in [9.17, 15) is 4.79 Å². The summed E-state index contributed by atoms with van der Waals surface area (Å²) in [6, 6.07) is 22.8. The van der Waals surface area contributed by atoms with Gasteiger partial charge in [0.25, 0.3) is 0 Å². The summed E-state index contributed by atoms with van der Waals surface area (Å²) in [6.07, 6.45) is 0. The summed E-state index contributed by atoms with van der Waals surface area (Å²) < 4.78 is 5.77. The number of hydrogen-bond acceptors (Lipinski definition) is 4. The molecule has 0 aliphatic heterocycles. The molecular formula is C22H17ClN2O2S. The second-order valence-electron chi connectivity index (χ2n) is 6.20. The quantitative estimate of drug-likeness (QED) is 0.423. The number of oxazole rings is 1. The number of thioether (sulfide) groups is 1. The Morgan fingerprint density at radius 2 is 1.75 bits per heavy atom. The highest BCUT2D eigenvalue weighted by atomic mass is 35.5. The third kappa shape index (κ3) is 4.38. The van der Waals surface area contributed by atoms with Crippen molar-refractivity contribution >= 4 is 46.1 Å². The number of amides is 1. The van der Waals surface area contributed by atoms with Gasteiger partial charge in [0.2, 0.25) is 11.8 Å². The molecule has 4 aromatic rings. The van der Waals surface area contributed by atoms with Gasteiger partial charge in [-0.15, -0.1) is 11.8 Å². The van der Waals surface area contributed by atoms with E-state index >= 15 is 0 Å². The molecule has 1 amide bonds. The predicted octanol–water partition coefficient (Wildman–Crippen LogP) is 6.02. The number of carbonyl (C=O) groups is 1. The number of halogens is 1. The van der Waals surface area contributed by atoms with E-state index in [0.29, 0.717) is 17.4 Å². The van der Waals surface area contributed by atoms with Gasteiger partial charge in [-0.3, -0.25) is 4.79 Å². The van der Waals surface area contributed by atoms with E-state index in [-0.39, 0.29) is 5.91 Å². The molecule has 28 heavy (non-hydrogen) atoms. The van der Waals surface area contributed by atoms with Crippen molar-refractivity contribution < 1.29 is 9.21 Å². The molecule has 1 heterocycles. The van der Waals surface area contributed by atoms with Crippen LogP contribution in [0.25, 0.3) is 22.6 Å². The third-order valence-electron chi connectivity index (χ3n) is 4.16. The summed E-state index contributed by atoms with van der Waals surface area (Å²) >= 11 is 7.66. The summed E-state index contributed by atoms with van der Waals surface area (Å²) in [7, 11) is 0. The molecule has 0 fully saturated rings. The van der Waals surface area contributed by atoms with E-state index in [4.69, 9.17) is 16.0 Å². The van der Waals surface area contributed by atoms with Gasteiger partial charge in [-0.2, -0.15) is 0 Å². The zero-order valence-corrected chi connectivity index (χ0v) is 16.5. The van der Waals surface area contributed by atoms with Gasteiger partial charge in [0, 0.05) is 22.0 Å². The lowest BCUT2D eigenvalue weighted by atomic mass is 10.2. The van der Waals surface area contributed by atoms with Gasteiger partial charge in [-0.1, -0.05) is 41.9 Å². The van der Waals surface area contributed by atoms with E-state index in [0.717, 1.165) is 32.9 Å². The van der Waals surface area contributed by atoms with Crippen LogP contribution in [-0.2, 0) is 10.5 Å². The molecule has 0 atom stereocenters. The van der Waals surface area contributed by atoms with Gasteiger partial charge >= 0.3 is 0 Å². The van der Waals surface area contributed by atoms with Crippen molar-refractivity contribution in [1.29, 1.82) is 0 Å². The number of rotatable bonds is 6.